The van der Waals surface area contributed by atoms with Crippen molar-refractivity contribution in [3.63, 3.8) is 0 Å². The molecule has 1 unspecified atom stereocenters. The number of rotatable bonds is 3. The summed E-state index contributed by atoms with van der Waals surface area (Å²) in [6.07, 6.45) is 0. The van der Waals surface area contributed by atoms with Gasteiger partial charge in [-0.15, -0.1) is 10.2 Å². The van der Waals surface area contributed by atoms with Crippen LogP contribution < -0.4 is 11.1 Å². The molecular formula is C6H13N7. The maximum Gasteiger partial charge on any atom is 0.196 e. The number of aromatic amines is 1. The summed E-state index contributed by atoms with van der Waals surface area (Å²) < 4.78 is 0. The maximum absolute atomic E-state index is 5.54. The molecule has 0 radical (unpaired) electrons. The van der Waals surface area contributed by atoms with Crippen LogP contribution in [0.5, 0.6) is 0 Å². The summed E-state index contributed by atoms with van der Waals surface area (Å²) in [4.78, 5) is 3.97. The summed E-state index contributed by atoms with van der Waals surface area (Å²) >= 11 is 0. The predicted molar refractivity (Wildman–Crippen MR) is 47.9 cm³/mol. The Hall–Kier alpha value is -1.66. The van der Waals surface area contributed by atoms with E-state index in [1.165, 1.54) is 0 Å². The average molecular weight is 183 g/mol. The van der Waals surface area contributed by atoms with E-state index in [1.807, 2.05) is 13.8 Å². The molecule has 1 atom stereocenters. The molecule has 7 heteroatoms. The molecule has 0 saturated heterocycles. The minimum atomic E-state index is -0.0888. The Morgan fingerprint density at radius 3 is 3.08 bits per heavy atom. The van der Waals surface area contributed by atoms with Crippen molar-refractivity contribution in [2.24, 2.45) is 10.7 Å². The normalized spacial score (nSPS) is 14.2. The van der Waals surface area contributed by atoms with Crippen LogP contribution in [0.25, 0.3) is 0 Å². The standard InChI is InChI=1S/C6H13N7/c1-3-8-6(7)9-4(2)5-10-12-13-11-5/h4H,3H2,1-2H3,(H3,7,8,9)(H,10,11,12,13). The van der Waals surface area contributed by atoms with E-state index < -0.39 is 0 Å². The number of aliphatic imine (C=N–C) groups is 1. The Bertz CT molecular complexity index is 265. The largest absolute Gasteiger partial charge is 0.370 e. The highest BCUT2D eigenvalue weighted by molar-refractivity contribution is 5.78. The SMILES string of the molecule is CCN=C(N)NC(C)c1nn[nH]n1. The van der Waals surface area contributed by atoms with E-state index in [0.29, 0.717) is 18.3 Å². The molecule has 7 nitrogen and oxygen atoms in total. The van der Waals surface area contributed by atoms with Crippen LogP contribution >= 0.6 is 0 Å². The van der Waals surface area contributed by atoms with Crippen molar-refractivity contribution in [2.75, 3.05) is 6.54 Å². The summed E-state index contributed by atoms with van der Waals surface area (Å²) in [6.45, 7) is 4.44. The van der Waals surface area contributed by atoms with Gasteiger partial charge >= 0.3 is 0 Å². The second-order valence-electron chi connectivity index (χ2n) is 2.50. The lowest BCUT2D eigenvalue weighted by Crippen LogP contribution is -2.34. The summed E-state index contributed by atoms with van der Waals surface area (Å²) in [5, 5.41) is 16.3. The number of nitrogens with one attached hydrogen (secondary N) is 2. The zero-order valence-electron chi connectivity index (χ0n) is 7.65. The number of hydrogen-bond donors (Lipinski definition) is 3. The smallest absolute Gasteiger partial charge is 0.196 e. The van der Waals surface area contributed by atoms with E-state index in [0.717, 1.165) is 0 Å². The van der Waals surface area contributed by atoms with Gasteiger partial charge in [-0.2, -0.15) is 5.21 Å². The minimum absolute atomic E-state index is 0.0888. The molecule has 0 fully saturated rings. The Kier molecular flexibility index (Phi) is 3.18. The fourth-order valence-corrected chi connectivity index (χ4v) is 0.855. The second-order valence-corrected chi connectivity index (χ2v) is 2.50. The molecule has 0 aliphatic rings. The molecule has 0 bridgehead atoms. The number of hydrogen-bond acceptors (Lipinski definition) is 4. The average Bonchev–Trinajstić information content (AvgIpc) is 2.55. The summed E-state index contributed by atoms with van der Waals surface area (Å²) in [7, 11) is 0. The van der Waals surface area contributed by atoms with Crippen molar-refractivity contribution in [2.45, 2.75) is 19.9 Å². The maximum atomic E-state index is 5.54. The number of H-pyrrole nitrogens is 1. The summed E-state index contributed by atoms with van der Waals surface area (Å²) in [5.41, 5.74) is 5.54. The van der Waals surface area contributed by atoms with Crippen molar-refractivity contribution in [1.29, 1.82) is 0 Å². The van der Waals surface area contributed by atoms with E-state index in [9.17, 15) is 0 Å². The molecule has 0 aliphatic carbocycles. The van der Waals surface area contributed by atoms with Crippen LogP contribution in [-0.4, -0.2) is 33.1 Å². The number of nitrogens with two attached hydrogens (primary N) is 1. The molecule has 72 valence electrons. The first-order valence-electron chi connectivity index (χ1n) is 4.03. The number of nitrogens with zero attached hydrogens (tertiary/aromatic N) is 4. The van der Waals surface area contributed by atoms with Crippen molar-refractivity contribution in [3.05, 3.63) is 5.82 Å². The molecular weight excluding hydrogens is 170 g/mol. The number of guanidine groups is 1. The molecule has 1 heterocycles. The van der Waals surface area contributed by atoms with Crippen LogP contribution in [0, 0.1) is 0 Å². The van der Waals surface area contributed by atoms with Crippen LogP contribution in [0.4, 0.5) is 0 Å². The molecule has 0 aliphatic heterocycles. The van der Waals surface area contributed by atoms with Gasteiger partial charge in [-0.05, 0) is 13.8 Å². The third-order valence-corrected chi connectivity index (χ3v) is 1.44. The number of tetrazole rings is 1. The first-order valence-corrected chi connectivity index (χ1v) is 4.03. The Morgan fingerprint density at radius 2 is 2.54 bits per heavy atom. The Labute approximate surface area is 75.8 Å². The highest BCUT2D eigenvalue weighted by Crippen LogP contribution is 2.01. The topological polar surface area (TPSA) is 105 Å². The first-order chi connectivity index (χ1) is 6.24. The van der Waals surface area contributed by atoms with E-state index in [4.69, 9.17) is 5.73 Å². The van der Waals surface area contributed by atoms with Crippen molar-refractivity contribution >= 4 is 5.96 Å². The Balaban J connectivity index is 2.51. The highest BCUT2D eigenvalue weighted by Gasteiger charge is 2.09. The van der Waals surface area contributed by atoms with Crippen LogP contribution in [0.1, 0.15) is 25.7 Å². The quantitative estimate of drug-likeness (QED) is 0.419. The molecule has 1 aromatic rings. The van der Waals surface area contributed by atoms with Gasteiger partial charge in [0.2, 0.25) is 0 Å². The van der Waals surface area contributed by atoms with Crippen molar-refractivity contribution in [1.82, 2.24) is 25.9 Å². The minimum Gasteiger partial charge on any atom is -0.370 e. The highest BCUT2D eigenvalue weighted by atomic mass is 15.5. The first kappa shape index (κ1) is 9.43. The van der Waals surface area contributed by atoms with Gasteiger partial charge in [0.1, 0.15) is 0 Å². The molecule has 1 aromatic heterocycles. The lowest BCUT2D eigenvalue weighted by molar-refractivity contribution is 0.658. The van der Waals surface area contributed by atoms with Gasteiger partial charge in [-0.25, -0.2) is 0 Å². The van der Waals surface area contributed by atoms with Gasteiger partial charge in [-0.1, -0.05) is 5.21 Å². The van der Waals surface area contributed by atoms with Crippen LogP contribution in [-0.2, 0) is 0 Å². The fraction of sp³-hybridized carbons (Fsp3) is 0.667. The van der Waals surface area contributed by atoms with E-state index >= 15 is 0 Å². The van der Waals surface area contributed by atoms with Crippen molar-refractivity contribution in [3.8, 4) is 0 Å². The van der Waals surface area contributed by atoms with Gasteiger partial charge in [0, 0.05) is 6.54 Å². The lowest BCUT2D eigenvalue weighted by atomic mass is 10.3. The molecule has 0 amide bonds. The molecule has 1 rings (SSSR count). The molecule has 0 aromatic carbocycles. The van der Waals surface area contributed by atoms with Crippen LogP contribution in [0.15, 0.2) is 4.99 Å². The fourth-order valence-electron chi connectivity index (χ4n) is 0.855. The monoisotopic (exact) mass is 183 g/mol. The van der Waals surface area contributed by atoms with Crippen LogP contribution in [0.2, 0.25) is 0 Å². The van der Waals surface area contributed by atoms with E-state index in [-0.39, 0.29) is 6.04 Å². The second kappa shape index (κ2) is 4.39. The zero-order valence-corrected chi connectivity index (χ0v) is 7.65. The third kappa shape index (κ3) is 2.69. The van der Waals surface area contributed by atoms with Crippen LogP contribution in [0.3, 0.4) is 0 Å². The molecule has 4 N–H and O–H groups in total. The molecule has 0 spiro atoms. The van der Waals surface area contributed by atoms with E-state index in [2.05, 4.69) is 30.9 Å². The summed E-state index contributed by atoms with van der Waals surface area (Å²) in [6, 6.07) is -0.0888. The molecule has 13 heavy (non-hydrogen) atoms. The predicted octanol–water partition coefficient (Wildman–Crippen LogP) is -0.815. The van der Waals surface area contributed by atoms with Gasteiger partial charge in [0.05, 0.1) is 6.04 Å². The third-order valence-electron chi connectivity index (χ3n) is 1.44. The van der Waals surface area contributed by atoms with Gasteiger partial charge < -0.3 is 11.1 Å². The zero-order chi connectivity index (χ0) is 9.68. The van der Waals surface area contributed by atoms with Gasteiger partial charge in [0.25, 0.3) is 0 Å². The van der Waals surface area contributed by atoms with Gasteiger partial charge in [0.15, 0.2) is 11.8 Å². The Morgan fingerprint density at radius 1 is 1.77 bits per heavy atom. The lowest BCUT2D eigenvalue weighted by Gasteiger charge is -2.09. The number of aromatic nitrogens is 4. The van der Waals surface area contributed by atoms with Gasteiger partial charge in [-0.3, -0.25) is 4.99 Å². The summed E-state index contributed by atoms with van der Waals surface area (Å²) in [5.74, 6) is 0.953. The molecule has 0 saturated carbocycles. The van der Waals surface area contributed by atoms with Crippen molar-refractivity contribution < 1.29 is 0 Å². The van der Waals surface area contributed by atoms with E-state index in [1.54, 1.807) is 0 Å².